The molecule has 83 valence electrons. The molecule has 0 atom stereocenters. The van der Waals surface area contributed by atoms with Crippen LogP contribution in [0.3, 0.4) is 0 Å². The minimum Gasteiger partial charge on any atom is -0.543 e. The van der Waals surface area contributed by atoms with Gasteiger partial charge in [0.1, 0.15) is 0 Å². The fourth-order valence-corrected chi connectivity index (χ4v) is 0. The van der Waals surface area contributed by atoms with Crippen molar-refractivity contribution in [2.45, 2.75) is 0 Å². The average Bonchev–Trinajstić information content (AvgIpc) is 1.88. The van der Waals surface area contributed by atoms with E-state index >= 15 is 0 Å². The third-order valence-electron chi connectivity index (χ3n) is 0.333. The van der Waals surface area contributed by atoms with Gasteiger partial charge in [-0.1, -0.05) is 0 Å². The van der Waals surface area contributed by atoms with Gasteiger partial charge in [0.05, 0.1) is 23.9 Å². The van der Waals surface area contributed by atoms with E-state index in [0.29, 0.717) is 0 Å². The second kappa shape index (κ2) is 11.9. The molecule has 0 aliphatic heterocycles. The van der Waals surface area contributed by atoms with Crippen LogP contribution in [0.4, 0.5) is 0 Å². The molecule has 0 saturated carbocycles. The van der Waals surface area contributed by atoms with Crippen LogP contribution in [0.1, 0.15) is 0 Å². The Morgan fingerprint density at radius 3 is 0.643 bits per heavy atom. The largest absolute Gasteiger partial charge is 2.00 e. The summed E-state index contributed by atoms with van der Waals surface area (Å²) in [6, 6.07) is 0. The van der Waals surface area contributed by atoms with Gasteiger partial charge in [0.25, 0.3) is 0 Å². The molecule has 1 radical (unpaired) electrons. The van der Waals surface area contributed by atoms with Crippen LogP contribution >= 0.6 is 0 Å². The number of carbonyl (C=O) groups is 4. The molecule has 0 rings (SSSR count). The number of carboxylic acids is 4. The number of aliphatic carboxylic acids is 4. The van der Waals surface area contributed by atoms with Crippen LogP contribution in [-0.4, -0.2) is 23.9 Å². The molecule has 0 amide bonds. The van der Waals surface area contributed by atoms with E-state index in [2.05, 4.69) is 0 Å². The molecular formula is C4CuFeO8. The molecule has 10 heteroatoms. The maximum Gasteiger partial charge on any atom is 2.00 e. The second-order valence-corrected chi connectivity index (χ2v) is 1.15. The SMILES string of the molecule is O=C([O-])C(=O)[O-].O=C([O-])C(=O)[O-].[Cu+2].[Fe+2]. The Balaban J connectivity index is -0.0000000625. The summed E-state index contributed by atoms with van der Waals surface area (Å²) in [4.78, 5) is 35.7. The first-order valence-corrected chi connectivity index (χ1v) is 2.13. The molecule has 0 aromatic rings. The minimum absolute atomic E-state index is 0. The maximum absolute atomic E-state index is 8.93. The molecule has 0 N–H and O–H groups in total. The molecule has 0 saturated heterocycles. The van der Waals surface area contributed by atoms with Crippen molar-refractivity contribution in [1.82, 2.24) is 0 Å². The zero-order valence-corrected chi connectivity index (χ0v) is 7.97. The Morgan fingerprint density at radius 1 is 0.571 bits per heavy atom. The van der Waals surface area contributed by atoms with Crippen molar-refractivity contribution in [2.24, 2.45) is 0 Å². The maximum atomic E-state index is 8.93. The number of hydrogen-bond acceptors (Lipinski definition) is 8. The zero-order valence-electron chi connectivity index (χ0n) is 5.92. The van der Waals surface area contributed by atoms with E-state index in [9.17, 15) is 0 Å². The summed E-state index contributed by atoms with van der Waals surface area (Å²) in [6.45, 7) is 0. The average molecular weight is 295 g/mol. The summed E-state index contributed by atoms with van der Waals surface area (Å²) in [5.41, 5.74) is 0. The first-order chi connectivity index (χ1) is 5.29. The molecular weight excluding hydrogens is 295 g/mol. The van der Waals surface area contributed by atoms with E-state index in [-0.39, 0.29) is 34.1 Å². The predicted octanol–water partition coefficient (Wildman–Crippen LogP) is -7.03. The molecule has 0 unspecified atom stereocenters. The van der Waals surface area contributed by atoms with E-state index in [1.54, 1.807) is 0 Å². The molecule has 0 fully saturated rings. The molecule has 0 heterocycles. The monoisotopic (exact) mass is 295 g/mol. The van der Waals surface area contributed by atoms with Gasteiger partial charge in [-0.2, -0.15) is 0 Å². The van der Waals surface area contributed by atoms with E-state index in [4.69, 9.17) is 39.6 Å². The van der Waals surface area contributed by atoms with Gasteiger partial charge >= 0.3 is 34.1 Å². The second-order valence-electron chi connectivity index (χ2n) is 1.15. The summed E-state index contributed by atoms with van der Waals surface area (Å²) in [5, 5.41) is 35.7. The molecule has 0 aromatic carbocycles. The third-order valence-corrected chi connectivity index (χ3v) is 0.333. The van der Waals surface area contributed by atoms with E-state index in [1.807, 2.05) is 0 Å². The van der Waals surface area contributed by atoms with Gasteiger partial charge in [0, 0.05) is 0 Å². The van der Waals surface area contributed by atoms with Crippen LogP contribution in [-0.2, 0) is 53.3 Å². The van der Waals surface area contributed by atoms with Gasteiger partial charge in [0.2, 0.25) is 0 Å². The Hall–Kier alpha value is -1.08. The van der Waals surface area contributed by atoms with Gasteiger partial charge in [-0.15, -0.1) is 0 Å². The molecule has 0 spiro atoms. The minimum atomic E-state index is -2.19. The first-order valence-electron chi connectivity index (χ1n) is 2.13. The Kier molecular flexibility index (Phi) is 19.6. The van der Waals surface area contributed by atoms with Crippen LogP contribution in [0.5, 0.6) is 0 Å². The standard InChI is InChI=1S/2C2H2O4.Cu.Fe/c2*3-1(4)2(5)6;;/h2*(H,3,4)(H,5,6);;/q;;2*+2/p-4. The topological polar surface area (TPSA) is 161 Å². The number of hydrogen-bond donors (Lipinski definition) is 0. The number of rotatable bonds is 0. The zero-order chi connectivity index (χ0) is 10.3. The van der Waals surface area contributed by atoms with Crippen molar-refractivity contribution in [3.8, 4) is 0 Å². The van der Waals surface area contributed by atoms with Crippen LogP contribution < -0.4 is 20.4 Å². The van der Waals surface area contributed by atoms with Gasteiger partial charge in [-0.3, -0.25) is 0 Å². The summed E-state index contributed by atoms with van der Waals surface area (Å²) in [5.74, 6) is -8.74. The smallest absolute Gasteiger partial charge is 0.543 e. The summed E-state index contributed by atoms with van der Waals surface area (Å²) >= 11 is 0. The normalized spacial score (nSPS) is 6.29. The van der Waals surface area contributed by atoms with E-state index in [1.165, 1.54) is 0 Å². The molecule has 0 aliphatic carbocycles. The van der Waals surface area contributed by atoms with Crippen LogP contribution in [0.15, 0.2) is 0 Å². The van der Waals surface area contributed by atoms with Gasteiger partial charge < -0.3 is 39.6 Å². The summed E-state index contributed by atoms with van der Waals surface area (Å²) in [7, 11) is 0. The van der Waals surface area contributed by atoms with Crippen molar-refractivity contribution in [3.63, 3.8) is 0 Å². The van der Waals surface area contributed by atoms with Gasteiger partial charge in [0.15, 0.2) is 0 Å². The summed E-state index contributed by atoms with van der Waals surface area (Å²) in [6.07, 6.45) is 0. The molecule has 8 nitrogen and oxygen atoms in total. The Labute approximate surface area is 97.9 Å². The van der Waals surface area contributed by atoms with Gasteiger partial charge in [-0.05, 0) is 0 Å². The first kappa shape index (κ1) is 23.1. The van der Waals surface area contributed by atoms with Crippen molar-refractivity contribution in [3.05, 3.63) is 0 Å². The number of carboxylic acid groups (broad SMARTS) is 4. The van der Waals surface area contributed by atoms with Crippen molar-refractivity contribution >= 4 is 23.9 Å². The van der Waals surface area contributed by atoms with Crippen molar-refractivity contribution in [2.75, 3.05) is 0 Å². The molecule has 14 heavy (non-hydrogen) atoms. The molecule has 0 bridgehead atoms. The Bertz CT molecular complexity index is 177. The number of carbonyl (C=O) groups excluding carboxylic acids is 4. The quantitative estimate of drug-likeness (QED) is 0.314. The van der Waals surface area contributed by atoms with Gasteiger partial charge in [-0.25, -0.2) is 0 Å². The van der Waals surface area contributed by atoms with Crippen molar-refractivity contribution in [1.29, 1.82) is 0 Å². The molecule has 0 aromatic heterocycles. The van der Waals surface area contributed by atoms with Crippen LogP contribution in [0.2, 0.25) is 0 Å². The molecule has 0 aliphatic rings. The van der Waals surface area contributed by atoms with E-state index in [0.717, 1.165) is 0 Å². The van der Waals surface area contributed by atoms with E-state index < -0.39 is 23.9 Å². The van der Waals surface area contributed by atoms with Crippen molar-refractivity contribution < 1.29 is 73.7 Å². The van der Waals surface area contributed by atoms with Crippen LogP contribution in [0, 0.1) is 0 Å². The predicted molar refractivity (Wildman–Crippen MR) is 20.0 cm³/mol. The fraction of sp³-hybridized carbons (Fsp3) is 0. The third kappa shape index (κ3) is 22.4. The fourth-order valence-electron chi connectivity index (χ4n) is 0. The Morgan fingerprint density at radius 2 is 0.643 bits per heavy atom. The van der Waals surface area contributed by atoms with Crippen LogP contribution in [0.25, 0.3) is 0 Å². The summed E-state index contributed by atoms with van der Waals surface area (Å²) < 4.78 is 0.